The summed E-state index contributed by atoms with van der Waals surface area (Å²) in [5.41, 5.74) is 6.06. The summed E-state index contributed by atoms with van der Waals surface area (Å²) < 4.78 is 17.4. The van der Waals surface area contributed by atoms with E-state index < -0.39 is 11.8 Å². The molecule has 37 heavy (non-hydrogen) atoms. The highest BCUT2D eigenvalue weighted by atomic mass is 16.7. The molecule has 3 N–H and O–H groups in total. The van der Waals surface area contributed by atoms with Crippen molar-refractivity contribution < 1.29 is 28.6 Å². The molecule has 0 saturated carbocycles. The molecule has 1 spiro atoms. The first-order chi connectivity index (χ1) is 18.0. The summed E-state index contributed by atoms with van der Waals surface area (Å²) >= 11 is 0. The molecule has 0 radical (unpaired) electrons. The van der Waals surface area contributed by atoms with E-state index in [0.717, 1.165) is 19.3 Å². The van der Waals surface area contributed by atoms with E-state index in [0.29, 0.717) is 49.9 Å². The number of amides is 3. The van der Waals surface area contributed by atoms with Crippen LogP contribution in [0.25, 0.3) is 0 Å². The second kappa shape index (κ2) is 12.7. The van der Waals surface area contributed by atoms with Gasteiger partial charge in [0.1, 0.15) is 24.1 Å². The number of anilines is 1. The molecule has 0 aliphatic carbocycles. The smallest absolute Gasteiger partial charge is 0.243 e. The second-order valence-corrected chi connectivity index (χ2v) is 9.13. The molecule has 10 heteroatoms. The minimum atomic E-state index is -0.986. The Hall–Kier alpha value is -3.47. The zero-order valence-corrected chi connectivity index (χ0v) is 20.8. The second-order valence-electron chi connectivity index (χ2n) is 9.13. The first-order valence-corrected chi connectivity index (χ1v) is 12.6. The summed E-state index contributed by atoms with van der Waals surface area (Å²) in [7, 11) is 0. The molecule has 2 fully saturated rings. The third-order valence-electron chi connectivity index (χ3n) is 6.49. The van der Waals surface area contributed by atoms with Gasteiger partial charge >= 0.3 is 0 Å². The van der Waals surface area contributed by atoms with Crippen LogP contribution in [0, 0.1) is 0 Å². The maximum absolute atomic E-state index is 13.4. The van der Waals surface area contributed by atoms with Gasteiger partial charge in [0.2, 0.25) is 18.2 Å². The van der Waals surface area contributed by atoms with Crippen molar-refractivity contribution in [2.45, 2.75) is 37.5 Å². The number of carbonyl (C=O) groups is 3. The quantitative estimate of drug-likeness (QED) is 0.331. The molecule has 2 aromatic carbocycles. The Balaban J connectivity index is 1.40. The van der Waals surface area contributed by atoms with Gasteiger partial charge in [0.25, 0.3) is 0 Å². The summed E-state index contributed by atoms with van der Waals surface area (Å²) in [6.45, 7) is 1.85. The first kappa shape index (κ1) is 26.6. The Kier molecular flexibility index (Phi) is 9.10. The van der Waals surface area contributed by atoms with Gasteiger partial charge in [-0.3, -0.25) is 14.4 Å². The zero-order chi connectivity index (χ0) is 26.1. The van der Waals surface area contributed by atoms with Crippen LogP contribution < -0.4 is 20.7 Å². The summed E-state index contributed by atoms with van der Waals surface area (Å²) in [4.78, 5) is 41.0. The van der Waals surface area contributed by atoms with Gasteiger partial charge in [-0.2, -0.15) is 0 Å². The number of hydrogen-bond acceptors (Lipinski definition) is 7. The molecule has 3 amide bonds. The van der Waals surface area contributed by atoms with Crippen LogP contribution >= 0.6 is 0 Å². The van der Waals surface area contributed by atoms with Crippen LogP contribution in [0.4, 0.5) is 5.69 Å². The average Bonchev–Trinajstić information content (AvgIpc) is 3.55. The van der Waals surface area contributed by atoms with E-state index in [-0.39, 0.29) is 31.3 Å². The normalized spacial score (nSPS) is 18.1. The lowest BCUT2D eigenvalue weighted by Crippen LogP contribution is -2.49. The number of hydrogen-bond donors (Lipinski definition) is 2. The van der Waals surface area contributed by atoms with Gasteiger partial charge in [0.05, 0.1) is 19.8 Å². The van der Waals surface area contributed by atoms with Crippen molar-refractivity contribution in [1.82, 2.24) is 10.2 Å². The van der Waals surface area contributed by atoms with Crippen LogP contribution in [-0.2, 0) is 23.9 Å². The largest absolute Gasteiger partial charge is 0.457 e. The van der Waals surface area contributed by atoms with Crippen molar-refractivity contribution in [1.29, 1.82) is 0 Å². The topological polar surface area (TPSA) is 123 Å². The number of nitrogens with zero attached hydrogens (tertiary/aromatic N) is 2. The molecule has 2 heterocycles. The molecule has 2 aliphatic rings. The minimum absolute atomic E-state index is 0.133. The fraction of sp³-hybridized carbons (Fsp3) is 0.444. The Labute approximate surface area is 216 Å². The lowest BCUT2D eigenvalue weighted by Gasteiger charge is -2.26. The predicted octanol–water partition coefficient (Wildman–Crippen LogP) is 2.03. The van der Waals surface area contributed by atoms with E-state index >= 15 is 0 Å². The SMILES string of the molecule is NCCCCCNC(=O)[C@@H]1CC2(CN1C(=O)CN(C=O)c1ccc(Oc3ccccc3)cc1)OCCO2. The van der Waals surface area contributed by atoms with Crippen molar-refractivity contribution in [2.24, 2.45) is 5.73 Å². The molecule has 2 saturated heterocycles. The van der Waals surface area contributed by atoms with Crippen molar-refractivity contribution in [2.75, 3.05) is 44.3 Å². The van der Waals surface area contributed by atoms with Crippen LogP contribution in [0.15, 0.2) is 54.6 Å². The molecular weight excluding hydrogens is 476 g/mol. The fourth-order valence-electron chi connectivity index (χ4n) is 4.57. The summed E-state index contributed by atoms with van der Waals surface area (Å²) in [5.74, 6) is -0.305. The number of carbonyl (C=O) groups excluding carboxylic acids is 3. The number of ether oxygens (including phenoxy) is 3. The highest BCUT2D eigenvalue weighted by Crippen LogP contribution is 2.35. The number of rotatable bonds is 12. The van der Waals surface area contributed by atoms with Crippen molar-refractivity contribution in [3.05, 3.63) is 54.6 Å². The highest BCUT2D eigenvalue weighted by molar-refractivity contribution is 5.93. The van der Waals surface area contributed by atoms with Gasteiger partial charge in [0, 0.05) is 18.7 Å². The minimum Gasteiger partial charge on any atom is -0.457 e. The Bertz CT molecular complexity index is 1040. The molecule has 0 unspecified atom stereocenters. The predicted molar refractivity (Wildman–Crippen MR) is 137 cm³/mol. The summed E-state index contributed by atoms with van der Waals surface area (Å²) in [5, 5.41) is 2.92. The molecule has 198 valence electrons. The van der Waals surface area contributed by atoms with E-state index in [4.69, 9.17) is 19.9 Å². The lowest BCUT2D eigenvalue weighted by molar-refractivity contribution is -0.152. The van der Waals surface area contributed by atoms with Crippen LogP contribution in [0.3, 0.4) is 0 Å². The number of para-hydroxylation sites is 1. The molecule has 2 aromatic rings. The lowest BCUT2D eigenvalue weighted by atomic mass is 10.1. The molecule has 4 rings (SSSR count). The number of nitrogens with two attached hydrogens (primary N) is 1. The molecule has 0 aromatic heterocycles. The van der Waals surface area contributed by atoms with Gasteiger partial charge < -0.3 is 35.1 Å². The molecule has 2 aliphatic heterocycles. The Morgan fingerprint density at radius 2 is 1.76 bits per heavy atom. The van der Waals surface area contributed by atoms with Gasteiger partial charge in [-0.25, -0.2) is 0 Å². The highest BCUT2D eigenvalue weighted by Gasteiger charge is 2.52. The number of benzene rings is 2. The van der Waals surface area contributed by atoms with Crippen molar-refractivity contribution in [3.8, 4) is 11.5 Å². The first-order valence-electron chi connectivity index (χ1n) is 12.6. The van der Waals surface area contributed by atoms with Crippen LogP contribution in [0.5, 0.6) is 11.5 Å². The summed E-state index contributed by atoms with van der Waals surface area (Å²) in [6, 6.07) is 15.5. The van der Waals surface area contributed by atoms with E-state index in [1.165, 1.54) is 9.80 Å². The maximum Gasteiger partial charge on any atom is 0.243 e. The number of unbranched alkanes of at least 4 members (excludes halogenated alkanes) is 2. The van der Waals surface area contributed by atoms with Gasteiger partial charge in [-0.15, -0.1) is 0 Å². The Morgan fingerprint density at radius 1 is 1.05 bits per heavy atom. The summed E-state index contributed by atoms with van der Waals surface area (Å²) in [6.07, 6.45) is 3.48. The van der Waals surface area contributed by atoms with Crippen LogP contribution in [-0.4, -0.2) is 74.3 Å². The standard InChI is InChI=1S/C27H34N4O6/c28-13-5-2-6-14-29-26(34)24-17-27(35-15-16-36-27)19-31(24)25(33)18-30(20-32)21-9-11-23(12-10-21)37-22-7-3-1-4-8-22/h1,3-4,7-12,20,24H,2,5-6,13-19,28H2,(H,29,34)/t24-/m0/s1. The maximum atomic E-state index is 13.4. The van der Waals surface area contributed by atoms with Crippen molar-refractivity contribution >= 4 is 23.9 Å². The zero-order valence-electron chi connectivity index (χ0n) is 20.8. The van der Waals surface area contributed by atoms with E-state index in [1.54, 1.807) is 24.3 Å². The number of nitrogens with one attached hydrogen (secondary N) is 1. The van der Waals surface area contributed by atoms with Gasteiger partial charge in [0.15, 0.2) is 5.79 Å². The average molecular weight is 511 g/mol. The van der Waals surface area contributed by atoms with Crippen LogP contribution in [0.1, 0.15) is 25.7 Å². The molecule has 10 nitrogen and oxygen atoms in total. The molecular formula is C27H34N4O6. The third-order valence-corrected chi connectivity index (χ3v) is 6.49. The van der Waals surface area contributed by atoms with Gasteiger partial charge in [-0.1, -0.05) is 24.6 Å². The van der Waals surface area contributed by atoms with Crippen LogP contribution in [0.2, 0.25) is 0 Å². The van der Waals surface area contributed by atoms with E-state index in [1.807, 2.05) is 30.3 Å². The fourth-order valence-corrected chi connectivity index (χ4v) is 4.57. The monoisotopic (exact) mass is 510 g/mol. The number of likely N-dealkylation sites (tertiary alicyclic amines) is 1. The van der Waals surface area contributed by atoms with E-state index in [9.17, 15) is 14.4 Å². The van der Waals surface area contributed by atoms with Crippen molar-refractivity contribution in [3.63, 3.8) is 0 Å². The van der Waals surface area contributed by atoms with E-state index in [2.05, 4.69) is 5.32 Å². The molecule has 1 atom stereocenters. The third kappa shape index (κ3) is 6.85. The van der Waals surface area contributed by atoms with Gasteiger partial charge in [-0.05, 0) is 55.8 Å². The Morgan fingerprint density at radius 3 is 2.43 bits per heavy atom. The molecule has 0 bridgehead atoms.